The number of ether oxygens (including phenoxy) is 1. The number of amides is 1. The first-order valence-electron chi connectivity index (χ1n) is 6.89. The number of anilines is 1. The van der Waals surface area contributed by atoms with Gasteiger partial charge in [0, 0.05) is 9.86 Å². The third-order valence-electron chi connectivity index (χ3n) is 3.14. The van der Waals surface area contributed by atoms with E-state index in [9.17, 15) is 4.79 Å². The Hall–Kier alpha value is -2.27. The van der Waals surface area contributed by atoms with E-state index < -0.39 is 0 Å². The highest BCUT2D eigenvalue weighted by Crippen LogP contribution is 2.26. The summed E-state index contributed by atoms with van der Waals surface area (Å²) in [4.78, 5) is 12.4. The monoisotopic (exact) mass is 359 g/mol. The number of halogens is 1. The Bertz CT molecular complexity index is 826. The summed E-state index contributed by atoms with van der Waals surface area (Å²) in [7, 11) is 0. The predicted molar refractivity (Wildman–Crippen MR) is 89.5 cm³/mol. The molecule has 0 aliphatic rings. The van der Waals surface area contributed by atoms with Crippen LogP contribution in [0.25, 0.3) is 11.0 Å². The van der Waals surface area contributed by atoms with E-state index in [-0.39, 0.29) is 11.7 Å². The number of benzene rings is 2. The standard InChI is InChI=1S/C17H14BrNO3/c1-2-21-14-6-4-3-5-13(14)19-17(20)16-9-11-7-8-12(18)10-15(11)22-16/h3-10H,2H2,1H3,(H,19,20). The van der Waals surface area contributed by atoms with Crippen LogP contribution >= 0.6 is 15.9 Å². The molecule has 0 unspecified atom stereocenters. The van der Waals surface area contributed by atoms with Crippen molar-refractivity contribution in [2.75, 3.05) is 11.9 Å². The smallest absolute Gasteiger partial charge is 0.291 e. The van der Waals surface area contributed by atoms with Gasteiger partial charge < -0.3 is 14.5 Å². The molecule has 0 atom stereocenters. The molecule has 1 aromatic heterocycles. The lowest BCUT2D eigenvalue weighted by Gasteiger charge is -2.10. The summed E-state index contributed by atoms with van der Waals surface area (Å²) in [6.07, 6.45) is 0. The number of fused-ring (bicyclic) bond motifs is 1. The average Bonchev–Trinajstić information content (AvgIpc) is 2.92. The molecule has 0 spiro atoms. The lowest BCUT2D eigenvalue weighted by Crippen LogP contribution is -2.12. The summed E-state index contributed by atoms with van der Waals surface area (Å²) in [5.41, 5.74) is 1.29. The van der Waals surface area contributed by atoms with Crippen molar-refractivity contribution in [3.63, 3.8) is 0 Å². The topological polar surface area (TPSA) is 51.5 Å². The van der Waals surface area contributed by atoms with E-state index in [0.29, 0.717) is 23.6 Å². The third kappa shape index (κ3) is 2.99. The number of para-hydroxylation sites is 2. The molecule has 0 aliphatic carbocycles. The summed E-state index contributed by atoms with van der Waals surface area (Å²) in [6.45, 7) is 2.43. The number of hydrogen-bond donors (Lipinski definition) is 1. The second kappa shape index (κ2) is 6.23. The summed E-state index contributed by atoms with van der Waals surface area (Å²) >= 11 is 3.38. The van der Waals surface area contributed by atoms with Gasteiger partial charge in [0.2, 0.25) is 0 Å². The van der Waals surface area contributed by atoms with Crippen LogP contribution in [0.15, 0.2) is 57.4 Å². The Kier molecular flexibility index (Phi) is 4.15. The Morgan fingerprint density at radius 3 is 2.86 bits per heavy atom. The summed E-state index contributed by atoms with van der Waals surface area (Å²) < 4.78 is 12.0. The van der Waals surface area contributed by atoms with Crippen molar-refractivity contribution in [3.8, 4) is 5.75 Å². The second-order valence-corrected chi connectivity index (χ2v) is 5.59. The summed E-state index contributed by atoms with van der Waals surface area (Å²) in [5.74, 6) is 0.594. The number of nitrogens with one attached hydrogen (secondary N) is 1. The molecule has 22 heavy (non-hydrogen) atoms. The van der Waals surface area contributed by atoms with E-state index in [1.165, 1.54) is 0 Å². The molecule has 0 fully saturated rings. The third-order valence-corrected chi connectivity index (χ3v) is 3.63. The molecule has 0 bridgehead atoms. The molecule has 1 amide bonds. The quantitative estimate of drug-likeness (QED) is 0.724. The lowest BCUT2D eigenvalue weighted by molar-refractivity contribution is 0.0998. The second-order valence-electron chi connectivity index (χ2n) is 4.68. The SMILES string of the molecule is CCOc1ccccc1NC(=O)c1cc2ccc(Br)cc2o1. The van der Waals surface area contributed by atoms with Gasteiger partial charge in [-0.15, -0.1) is 0 Å². The maximum absolute atomic E-state index is 12.4. The van der Waals surface area contributed by atoms with Crippen LogP contribution in [0.3, 0.4) is 0 Å². The van der Waals surface area contributed by atoms with Crippen LogP contribution in [0, 0.1) is 0 Å². The van der Waals surface area contributed by atoms with Gasteiger partial charge >= 0.3 is 0 Å². The lowest BCUT2D eigenvalue weighted by atomic mass is 10.2. The molecule has 1 heterocycles. The first-order chi connectivity index (χ1) is 10.7. The minimum Gasteiger partial charge on any atom is -0.492 e. The van der Waals surface area contributed by atoms with Crippen LogP contribution in [-0.2, 0) is 0 Å². The van der Waals surface area contributed by atoms with Crippen LogP contribution in [0.1, 0.15) is 17.5 Å². The van der Waals surface area contributed by atoms with Gasteiger partial charge in [-0.2, -0.15) is 0 Å². The van der Waals surface area contributed by atoms with Crippen LogP contribution in [0.4, 0.5) is 5.69 Å². The largest absolute Gasteiger partial charge is 0.492 e. The molecule has 1 N–H and O–H groups in total. The minimum absolute atomic E-state index is 0.263. The van der Waals surface area contributed by atoms with Crippen molar-refractivity contribution in [3.05, 3.63) is 58.8 Å². The van der Waals surface area contributed by atoms with E-state index >= 15 is 0 Å². The first-order valence-corrected chi connectivity index (χ1v) is 7.69. The molecule has 2 aromatic carbocycles. The Labute approximate surface area is 136 Å². The zero-order valence-corrected chi connectivity index (χ0v) is 13.5. The fourth-order valence-corrected chi connectivity index (χ4v) is 2.49. The Morgan fingerprint density at radius 2 is 2.05 bits per heavy atom. The normalized spacial score (nSPS) is 10.6. The maximum Gasteiger partial charge on any atom is 0.291 e. The molecule has 112 valence electrons. The number of carbonyl (C=O) groups is 1. The van der Waals surface area contributed by atoms with Crippen molar-refractivity contribution in [1.82, 2.24) is 0 Å². The van der Waals surface area contributed by atoms with E-state index in [1.807, 2.05) is 43.3 Å². The highest BCUT2D eigenvalue weighted by atomic mass is 79.9. The van der Waals surface area contributed by atoms with E-state index in [4.69, 9.17) is 9.15 Å². The maximum atomic E-state index is 12.4. The zero-order chi connectivity index (χ0) is 15.5. The van der Waals surface area contributed by atoms with Gasteiger partial charge in [-0.25, -0.2) is 0 Å². The summed E-state index contributed by atoms with van der Waals surface area (Å²) in [5, 5.41) is 3.70. The van der Waals surface area contributed by atoms with E-state index in [0.717, 1.165) is 9.86 Å². The number of rotatable bonds is 4. The van der Waals surface area contributed by atoms with Gasteiger partial charge in [0.05, 0.1) is 12.3 Å². The van der Waals surface area contributed by atoms with E-state index in [1.54, 1.807) is 12.1 Å². The van der Waals surface area contributed by atoms with Crippen molar-refractivity contribution in [1.29, 1.82) is 0 Å². The molecule has 3 rings (SSSR count). The first kappa shape index (κ1) is 14.7. The van der Waals surface area contributed by atoms with Crippen LogP contribution < -0.4 is 10.1 Å². The van der Waals surface area contributed by atoms with Crippen molar-refractivity contribution >= 4 is 38.5 Å². The van der Waals surface area contributed by atoms with Crippen LogP contribution in [0.2, 0.25) is 0 Å². The van der Waals surface area contributed by atoms with E-state index in [2.05, 4.69) is 21.2 Å². The molecule has 0 saturated carbocycles. The Morgan fingerprint density at radius 1 is 1.23 bits per heavy atom. The number of hydrogen-bond acceptors (Lipinski definition) is 3. The van der Waals surface area contributed by atoms with Gasteiger partial charge in [0.15, 0.2) is 5.76 Å². The molecular formula is C17H14BrNO3. The highest BCUT2D eigenvalue weighted by molar-refractivity contribution is 9.10. The molecule has 0 aliphatic heterocycles. The predicted octanol–water partition coefficient (Wildman–Crippen LogP) is 4.85. The van der Waals surface area contributed by atoms with Gasteiger partial charge in [0.1, 0.15) is 11.3 Å². The Balaban J connectivity index is 1.87. The fourth-order valence-electron chi connectivity index (χ4n) is 2.15. The molecule has 5 heteroatoms. The fraction of sp³-hybridized carbons (Fsp3) is 0.118. The minimum atomic E-state index is -0.306. The van der Waals surface area contributed by atoms with Gasteiger partial charge in [-0.3, -0.25) is 4.79 Å². The van der Waals surface area contributed by atoms with Crippen molar-refractivity contribution in [2.45, 2.75) is 6.92 Å². The molecule has 0 saturated heterocycles. The van der Waals surface area contributed by atoms with Gasteiger partial charge in [-0.05, 0) is 43.3 Å². The number of furan rings is 1. The molecule has 3 aromatic rings. The van der Waals surface area contributed by atoms with Gasteiger partial charge in [-0.1, -0.05) is 28.1 Å². The summed E-state index contributed by atoms with van der Waals surface area (Å²) in [6, 6.07) is 14.7. The zero-order valence-electron chi connectivity index (χ0n) is 11.9. The molecular weight excluding hydrogens is 346 g/mol. The highest BCUT2D eigenvalue weighted by Gasteiger charge is 2.14. The van der Waals surface area contributed by atoms with Crippen molar-refractivity contribution < 1.29 is 13.9 Å². The molecule has 4 nitrogen and oxygen atoms in total. The average molecular weight is 360 g/mol. The number of carbonyl (C=O) groups excluding carboxylic acids is 1. The van der Waals surface area contributed by atoms with Crippen LogP contribution in [0.5, 0.6) is 5.75 Å². The van der Waals surface area contributed by atoms with Gasteiger partial charge in [0.25, 0.3) is 5.91 Å². The molecule has 0 radical (unpaired) electrons. The van der Waals surface area contributed by atoms with Crippen molar-refractivity contribution in [2.24, 2.45) is 0 Å². The van der Waals surface area contributed by atoms with Crippen LogP contribution in [-0.4, -0.2) is 12.5 Å².